The van der Waals surface area contributed by atoms with Crippen LogP contribution in [0.1, 0.15) is 10.6 Å². The maximum Gasteiger partial charge on any atom is 0.270 e. The van der Waals surface area contributed by atoms with E-state index in [4.69, 9.17) is 21.1 Å². The Hall–Kier alpha value is -2.64. The van der Waals surface area contributed by atoms with Crippen molar-refractivity contribution < 1.29 is 14.4 Å². The second-order valence-electron chi connectivity index (χ2n) is 5.03. The standard InChI is InChI=1S/C17H13ClN2O4S/c1-23-14-8-10(7-12(18)17(14)24-2)3-6-16-19-13-5-4-11(20(21)22)9-15(13)25-16/h3-9H,1-2H3. The summed E-state index contributed by atoms with van der Waals surface area (Å²) in [5.41, 5.74) is 1.60. The summed E-state index contributed by atoms with van der Waals surface area (Å²) in [6.07, 6.45) is 3.67. The number of non-ortho nitro benzene ring substituents is 1. The van der Waals surface area contributed by atoms with Crippen LogP contribution in [0.25, 0.3) is 22.4 Å². The largest absolute Gasteiger partial charge is 0.493 e. The van der Waals surface area contributed by atoms with E-state index in [2.05, 4.69) is 4.98 Å². The lowest BCUT2D eigenvalue weighted by Crippen LogP contribution is -1.92. The molecule has 0 bridgehead atoms. The number of ether oxygens (including phenoxy) is 2. The van der Waals surface area contributed by atoms with Gasteiger partial charge in [-0.25, -0.2) is 4.98 Å². The highest BCUT2D eigenvalue weighted by atomic mass is 35.5. The summed E-state index contributed by atoms with van der Waals surface area (Å²) in [5.74, 6) is 1.02. The fraction of sp³-hybridized carbons (Fsp3) is 0.118. The predicted octanol–water partition coefficient (Wildman–Crippen LogP) is 5.05. The molecule has 25 heavy (non-hydrogen) atoms. The van der Waals surface area contributed by atoms with Crippen LogP contribution < -0.4 is 9.47 Å². The highest BCUT2D eigenvalue weighted by molar-refractivity contribution is 7.19. The molecule has 0 radical (unpaired) electrons. The van der Waals surface area contributed by atoms with Gasteiger partial charge in [-0.1, -0.05) is 17.7 Å². The molecule has 3 aromatic rings. The third-order valence-electron chi connectivity index (χ3n) is 3.47. The molecule has 1 aromatic heterocycles. The van der Waals surface area contributed by atoms with Crippen molar-refractivity contribution in [1.29, 1.82) is 0 Å². The van der Waals surface area contributed by atoms with Gasteiger partial charge in [0.1, 0.15) is 5.01 Å². The van der Waals surface area contributed by atoms with E-state index in [0.717, 1.165) is 20.8 Å². The van der Waals surface area contributed by atoms with Gasteiger partial charge in [0.15, 0.2) is 11.5 Å². The van der Waals surface area contributed by atoms with E-state index < -0.39 is 4.92 Å². The molecule has 3 rings (SSSR count). The molecule has 0 spiro atoms. The number of thiazole rings is 1. The summed E-state index contributed by atoms with van der Waals surface area (Å²) in [4.78, 5) is 14.9. The van der Waals surface area contributed by atoms with Crippen LogP contribution >= 0.6 is 22.9 Å². The van der Waals surface area contributed by atoms with Crippen LogP contribution in [0.3, 0.4) is 0 Å². The topological polar surface area (TPSA) is 74.5 Å². The Kier molecular flexibility index (Phi) is 4.87. The van der Waals surface area contributed by atoms with Gasteiger partial charge >= 0.3 is 0 Å². The third kappa shape index (κ3) is 3.57. The Balaban J connectivity index is 1.93. The molecular formula is C17H13ClN2O4S. The van der Waals surface area contributed by atoms with Crippen molar-refractivity contribution in [2.45, 2.75) is 0 Å². The number of benzene rings is 2. The summed E-state index contributed by atoms with van der Waals surface area (Å²) in [7, 11) is 3.07. The van der Waals surface area contributed by atoms with Crippen molar-refractivity contribution in [1.82, 2.24) is 4.98 Å². The molecule has 8 heteroatoms. The van der Waals surface area contributed by atoms with Crippen LogP contribution in [0.2, 0.25) is 5.02 Å². The number of fused-ring (bicyclic) bond motifs is 1. The number of nitrogens with zero attached hydrogens (tertiary/aromatic N) is 2. The van der Waals surface area contributed by atoms with Gasteiger partial charge in [0.2, 0.25) is 0 Å². The molecule has 2 aromatic carbocycles. The molecule has 0 aliphatic carbocycles. The van der Waals surface area contributed by atoms with E-state index in [-0.39, 0.29) is 5.69 Å². The smallest absolute Gasteiger partial charge is 0.270 e. The first kappa shape index (κ1) is 17.2. The Bertz CT molecular complexity index is 984. The van der Waals surface area contributed by atoms with Crippen molar-refractivity contribution in [3.05, 3.63) is 56.0 Å². The minimum Gasteiger partial charge on any atom is -0.493 e. The number of hydrogen-bond acceptors (Lipinski definition) is 6. The maximum atomic E-state index is 10.8. The second-order valence-corrected chi connectivity index (χ2v) is 6.50. The summed E-state index contributed by atoms with van der Waals surface area (Å²) in [5, 5.41) is 12.0. The SMILES string of the molecule is COc1cc(C=Cc2nc3ccc([N+](=O)[O-])cc3s2)cc(Cl)c1OC. The average Bonchev–Trinajstić information content (AvgIpc) is 3.01. The zero-order valence-corrected chi connectivity index (χ0v) is 14.9. The van der Waals surface area contributed by atoms with Crippen molar-refractivity contribution in [2.24, 2.45) is 0 Å². The number of rotatable bonds is 5. The minimum absolute atomic E-state index is 0.0540. The Morgan fingerprint density at radius 3 is 2.68 bits per heavy atom. The molecule has 6 nitrogen and oxygen atoms in total. The first-order chi connectivity index (χ1) is 12.0. The summed E-state index contributed by atoms with van der Waals surface area (Å²) >= 11 is 7.57. The van der Waals surface area contributed by atoms with Gasteiger partial charge in [0, 0.05) is 12.1 Å². The van der Waals surface area contributed by atoms with Gasteiger partial charge < -0.3 is 9.47 Å². The fourth-order valence-electron chi connectivity index (χ4n) is 2.32. The molecule has 0 saturated heterocycles. The fourth-order valence-corrected chi connectivity index (χ4v) is 3.52. The third-order valence-corrected chi connectivity index (χ3v) is 4.74. The molecule has 0 aliphatic rings. The van der Waals surface area contributed by atoms with E-state index in [1.54, 1.807) is 25.3 Å². The Morgan fingerprint density at radius 2 is 2.00 bits per heavy atom. The van der Waals surface area contributed by atoms with E-state index in [1.807, 2.05) is 12.2 Å². The summed E-state index contributed by atoms with van der Waals surface area (Å²) in [6.45, 7) is 0. The van der Waals surface area contributed by atoms with Gasteiger partial charge in [-0.3, -0.25) is 10.1 Å². The van der Waals surface area contributed by atoms with Crippen LogP contribution in [0.4, 0.5) is 5.69 Å². The predicted molar refractivity (Wildman–Crippen MR) is 99.8 cm³/mol. The van der Waals surface area contributed by atoms with Gasteiger partial charge in [-0.15, -0.1) is 11.3 Å². The van der Waals surface area contributed by atoms with Crippen LogP contribution in [0, 0.1) is 10.1 Å². The zero-order chi connectivity index (χ0) is 18.0. The molecule has 1 heterocycles. The number of nitro benzene ring substituents is 1. The quantitative estimate of drug-likeness (QED) is 0.460. The molecule has 0 atom stereocenters. The minimum atomic E-state index is -0.416. The van der Waals surface area contributed by atoms with Crippen molar-refractivity contribution in [3.63, 3.8) is 0 Å². The lowest BCUT2D eigenvalue weighted by Gasteiger charge is -2.10. The number of hydrogen-bond donors (Lipinski definition) is 0. The Morgan fingerprint density at radius 1 is 1.20 bits per heavy atom. The number of nitro groups is 1. The van der Waals surface area contributed by atoms with E-state index in [0.29, 0.717) is 16.5 Å². The number of aromatic nitrogens is 1. The van der Waals surface area contributed by atoms with Crippen LogP contribution in [0.15, 0.2) is 30.3 Å². The summed E-state index contributed by atoms with van der Waals surface area (Å²) in [6, 6.07) is 8.19. The van der Waals surface area contributed by atoms with Crippen molar-refractivity contribution in [2.75, 3.05) is 14.2 Å². The van der Waals surface area contributed by atoms with Crippen LogP contribution in [-0.4, -0.2) is 24.1 Å². The average molecular weight is 377 g/mol. The van der Waals surface area contributed by atoms with Crippen LogP contribution in [-0.2, 0) is 0 Å². The first-order valence-electron chi connectivity index (χ1n) is 7.16. The molecular weight excluding hydrogens is 364 g/mol. The van der Waals surface area contributed by atoms with Gasteiger partial charge in [0.05, 0.1) is 34.4 Å². The highest BCUT2D eigenvalue weighted by Gasteiger charge is 2.11. The van der Waals surface area contributed by atoms with Crippen LogP contribution in [0.5, 0.6) is 11.5 Å². The molecule has 0 unspecified atom stereocenters. The molecule has 128 valence electrons. The van der Waals surface area contributed by atoms with Crippen molar-refractivity contribution in [3.8, 4) is 11.5 Å². The monoisotopic (exact) mass is 376 g/mol. The number of methoxy groups -OCH3 is 2. The van der Waals surface area contributed by atoms with E-state index in [1.165, 1.54) is 30.6 Å². The van der Waals surface area contributed by atoms with Gasteiger partial charge in [-0.05, 0) is 29.8 Å². The molecule has 0 amide bonds. The molecule has 0 saturated carbocycles. The van der Waals surface area contributed by atoms with Gasteiger partial charge in [-0.2, -0.15) is 0 Å². The van der Waals surface area contributed by atoms with E-state index in [9.17, 15) is 10.1 Å². The van der Waals surface area contributed by atoms with Crippen molar-refractivity contribution >= 4 is 51.0 Å². The lowest BCUT2D eigenvalue weighted by molar-refractivity contribution is -0.384. The first-order valence-corrected chi connectivity index (χ1v) is 8.36. The van der Waals surface area contributed by atoms with Gasteiger partial charge in [0.25, 0.3) is 5.69 Å². The number of halogens is 1. The molecule has 0 fully saturated rings. The second kappa shape index (κ2) is 7.08. The lowest BCUT2D eigenvalue weighted by atomic mass is 10.2. The highest BCUT2D eigenvalue weighted by Crippen LogP contribution is 2.36. The molecule has 0 aliphatic heterocycles. The summed E-state index contributed by atoms with van der Waals surface area (Å²) < 4.78 is 11.2. The Labute approximate surface area is 152 Å². The van der Waals surface area contributed by atoms with E-state index >= 15 is 0 Å². The molecule has 0 N–H and O–H groups in total. The normalized spacial score (nSPS) is 11.2. The maximum absolute atomic E-state index is 10.8. The zero-order valence-electron chi connectivity index (χ0n) is 13.4.